The Bertz CT molecular complexity index is 430. The van der Waals surface area contributed by atoms with Gasteiger partial charge in [0, 0.05) is 18.0 Å². The summed E-state index contributed by atoms with van der Waals surface area (Å²) in [5.41, 5.74) is 1.02. The Morgan fingerprint density at radius 2 is 1.76 bits per heavy atom. The van der Waals surface area contributed by atoms with E-state index in [4.69, 9.17) is 4.98 Å². The van der Waals surface area contributed by atoms with Crippen LogP contribution in [0.5, 0.6) is 0 Å². The van der Waals surface area contributed by atoms with Crippen LogP contribution >= 0.6 is 11.3 Å². The van der Waals surface area contributed by atoms with Gasteiger partial charge in [-0.1, -0.05) is 59.8 Å². The van der Waals surface area contributed by atoms with Crippen molar-refractivity contribution >= 4 is 16.5 Å². The third kappa shape index (κ3) is 4.68. The maximum atomic E-state index is 9.66. The molecule has 1 heterocycles. The number of aliphatic hydroxyl groups excluding tert-OH is 1. The van der Waals surface area contributed by atoms with E-state index >= 15 is 0 Å². The molecular formula is C17H32N2OS. The molecule has 0 radical (unpaired) electrons. The number of hydrogen-bond donors (Lipinski definition) is 1. The quantitative estimate of drug-likeness (QED) is 0.800. The van der Waals surface area contributed by atoms with E-state index in [0.29, 0.717) is 12.0 Å². The Morgan fingerprint density at radius 1 is 1.19 bits per heavy atom. The first-order valence-electron chi connectivity index (χ1n) is 8.12. The van der Waals surface area contributed by atoms with E-state index in [0.717, 1.165) is 35.1 Å². The van der Waals surface area contributed by atoms with Gasteiger partial charge >= 0.3 is 0 Å². The maximum absolute atomic E-state index is 9.66. The van der Waals surface area contributed by atoms with Gasteiger partial charge in [-0.05, 0) is 18.8 Å². The molecule has 1 N–H and O–H groups in total. The number of thiazole rings is 1. The Hall–Kier alpha value is -0.610. The van der Waals surface area contributed by atoms with Gasteiger partial charge in [0.1, 0.15) is 0 Å². The van der Waals surface area contributed by atoms with E-state index in [1.54, 1.807) is 11.3 Å². The van der Waals surface area contributed by atoms with Crippen LogP contribution in [0.1, 0.15) is 71.9 Å². The predicted molar refractivity (Wildman–Crippen MR) is 93.3 cm³/mol. The molecule has 0 saturated carbocycles. The van der Waals surface area contributed by atoms with Crippen LogP contribution in [-0.4, -0.2) is 22.7 Å². The number of aromatic nitrogens is 1. The van der Waals surface area contributed by atoms with E-state index in [9.17, 15) is 5.11 Å². The zero-order chi connectivity index (χ0) is 16.2. The van der Waals surface area contributed by atoms with Crippen molar-refractivity contribution in [3.05, 3.63) is 10.6 Å². The maximum Gasteiger partial charge on any atom is 0.186 e. The Balaban J connectivity index is 3.22. The highest BCUT2D eigenvalue weighted by molar-refractivity contribution is 7.15. The minimum Gasteiger partial charge on any atom is -0.391 e. The van der Waals surface area contributed by atoms with Crippen LogP contribution in [0.3, 0.4) is 0 Å². The molecule has 0 unspecified atom stereocenters. The van der Waals surface area contributed by atoms with Crippen molar-refractivity contribution in [1.82, 2.24) is 4.98 Å². The number of rotatable bonds is 7. The van der Waals surface area contributed by atoms with E-state index in [2.05, 4.69) is 53.4 Å². The van der Waals surface area contributed by atoms with Crippen LogP contribution in [0.25, 0.3) is 0 Å². The molecule has 0 aromatic carbocycles. The molecule has 1 aromatic rings. The highest BCUT2D eigenvalue weighted by Gasteiger charge is 2.27. The van der Waals surface area contributed by atoms with Crippen molar-refractivity contribution in [3.63, 3.8) is 0 Å². The second kappa shape index (κ2) is 7.59. The molecule has 0 atom stereocenters. The van der Waals surface area contributed by atoms with Crippen LogP contribution in [0.4, 0.5) is 5.13 Å². The molecule has 0 saturated heterocycles. The van der Waals surface area contributed by atoms with Gasteiger partial charge in [0.2, 0.25) is 0 Å². The summed E-state index contributed by atoms with van der Waals surface area (Å²) >= 11 is 1.66. The monoisotopic (exact) mass is 312 g/mol. The molecule has 0 aliphatic rings. The van der Waals surface area contributed by atoms with Gasteiger partial charge in [-0.15, -0.1) is 0 Å². The molecule has 1 rings (SSSR count). The topological polar surface area (TPSA) is 36.4 Å². The normalized spacial score (nSPS) is 12.5. The number of aliphatic hydroxyl groups is 1. The number of anilines is 1. The predicted octanol–water partition coefficient (Wildman–Crippen LogP) is 4.58. The number of hydrogen-bond acceptors (Lipinski definition) is 4. The lowest BCUT2D eigenvalue weighted by molar-refractivity contribution is 0.282. The van der Waals surface area contributed by atoms with Crippen molar-refractivity contribution < 1.29 is 5.11 Å². The van der Waals surface area contributed by atoms with Crippen LogP contribution in [0.15, 0.2) is 0 Å². The molecule has 4 heteroatoms. The second-order valence-corrected chi connectivity index (χ2v) is 8.25. The molecule has 0 spiro atoms. The van der Waals surface area contributed by atoms with E-state index in [1.807, 2.05) is 0 Å². The molecule has 1 aromatic heterocycles. The van der Waals surface area contributed by atoms with Gasteiger partial charge in [0.05, 0.1) is 17.2 Å². The Kier molecular flexibility index (Phi) is 6.67. The third-order valence-electron chi connectivity index (χ3n) is 3.73. The first kappa shape index (κ1) is 18.4. The molecule has 0 aliphatic heterocycles. The molecule has 0 bridgehead atoms. The van der Waals surface area contributed by atoms with Crippen LogP contribution in [0.2, 0.25) is 0 Å². The molecule has 21 heavy (non-hydrogen) atoms. The van der Waals surface area contributed by atoms with E-state index < -0.39 is 0 Å². The highest BCUT2D eigenvalue weighted by atomic mass is 32.1. The van der Waals surface area contributed by atoms with Crippen LogP contribution in [0, 0.1) is 5.92 Å². The summed E-state index contributed by atoms with van der Waals surface area (Å²) in [7, 11) is 0. The molecule has 0 amide bonds. The van der Waals surface area contributed by atoms with Crippen molar-refractivity contribution in [1.29, 1.82) is 0 Å². The van der Waals surface area contributed by atoms with Gasteiger partial charge < -0.3 is 10.0 Å². The summed E-state index contributed by atoms with van der Waals surface area (Å²) in [6.07, 6.45) is 2.25. The molecular weight excluding hydrogens is 280 g/mol. The third-order valence-corrected chi connectivity index (χ3v) is 4.81. The lowest BCUT2D eigenvalue weighted by Gasteiger charge is -2.31. The number of nitrogens with zero attached hydrogens (tertiary/aromatic N) is 2. The van der Waals surface area contributed by atoms with E-state index in [-0.39, 0.29) is 12.0 Å². The Labute approximate surface area is 134 Å². The highest BCUT2D eigenvalue weighted by Crippen LogP contribution is 2.35. The van der Waals surface area contributed by atoms with Crippen molar-refractivity contribution in [2.45, 2.75) is 79.4 Å². The van der Waals surface area contributed by atoms with Gasteiger partial charge in [0.15, 0.2) is 5.13 Å². The first-order chi connectivity index (χ1) is 9.74. The first-order valence-corrected chi connectivity index (χ1v) is 8.93. The zero-order valence-electron chi connectivity index (χ0n) is 14.7. The van der Waals surface area contributed by atoms with Crippen LogP contribution in [-0.2, 0) is 12.0 Å². The summed E-state index contributed by atoms with van der Waals surface area (Å²) in [5.74, 6) is 0.602. The van der Waals surface area contributed by atoms with Gasteiger partial charge in [-0.2, -0.15) is 0 Å². The molecule has 3 nitrogen and oxygen atoms in total. The smallest absolute Gasteiger partial charge is 0.186 e. The van der Waals surface area contributed by atoms with Gasteiger partial charge in [-0.3, -0.25) is 0 Å². The molecule has 122 valence electrons. The fourth-order valence-electron chi connectivity index (χ4n) is 2.66. The average molecular weight is 313 g/mol. The second-order valence-electron chi connectivity index (χ2n) is 7.19. The summed E-state index contributed by atoms with van der Waals surface area (Å²) in [6, 6.07) is 0.526. The molecule has 0 aliphatic carbocycles. The summed E-state index contributed by atoms with van der Waals surface area (Å²) < 4.78 is 0. The van der Waals surface area contributed by atoms with Gasteiger partial charge in [0.25, 0.3) is 0 Å². The SMILES string of the molecule is CCC(CC)N(CC(C)C)c1nc(C(C)(C)C)c(CO)s1. The molecule has 0 fully saturated rings. The summed E-state index contributed by atoms with van der Waals surface area (Å²) in [4.78, 5) is 8.37. The van der Waals surface area contributed by atoms with Crippen molar-refractivity contribution in [2.24, 2.45) is 5.92 Å². The standard InChI is InChI=1S/C17H32N2OS/c1-8-13(9-2)19(10-12(3)4)16-18-15(17(5,6)7)14(11-20)21-16/h12-13,20H,8-11H2,1-7H3. The summed E-state index contributed by atoms with van der Waals surface area (Å²) in [5, 5.41) is 10.7. The lowest BCUT2D eigenvalue weighted by atomic mass is 9.91. The van der Waals surface area contributed by atoms with Crippen molar-refractivity contribution in [3.8, 4) is 0 Å². The fourth-order valence-corrected chi connectivity index (χ4v) is 3.87. The van der Waals surface area contributed by atoms with Crippen molar-refractivity contribution in [2.75, 3.05) is 11.4 Å². The lowest BCUT2D eigenvalue weighted by Crippen LogP contribution is -2.37. The minimum absolute atomic E-state index is 0.0236. The Morgan fingerprint density at radius 3 is 2.10 bits per heavy atom. The largest absolute Gasteiger partial charge is 0.391 e. The van der Waals surface area contributed by atoms with E-state index in [1.165, 1.54) is 0 Å². The van der Waals surface area contributed by atoms with Gasteiger partial charge in [-0.25, -0.2) is 4.98 Å². The van der Waals surface area contributed by atoms with Crippen LogP contribution < -0.4 is 4.90 Å². The summed E-state index contributed by atoms with van der Waals surface area (Å²) in [6.45, 7) is 16.6. The minimum atomic E-state index is -0.0236. The zero-order valence-corrected chi connectivity index (χ0v) is 15.5. The average Bonchev–Trinajstić information content (AvgIpc) is 2.82. The fraction of sp³-hybridized carbons (Fsp3) is 0.824.